The molecule has 9 nitrogen and oxygen atoms in total. The lowest BCUT2D eigenvalue weighted by molar-refractivity contribution is -0.118. The minimum absolute atomic E-state index is 0.114. The SMILES string of the molecule is COc1ccc(-c2nnc([C@@H](C)Sc3nnc(CCC(N)=O)n3C)o2)cc1. The van der Waals surface area contributed by atoms with Crippen LogP contribution in [0.25, 0.3) is 11.5 Å². The lowest BCUT2D eigenvalue weighted by Gasteiger charge is -2.06. The van der Waals surface area contributed by atoms with Gasteiger partial charge in [-0.1, -0.05) is 11.8 Å². The number of aryl methyl sites for hydroxylation is 1. The molecule has 0 fully saturated rings. The van der Waals surface area contributed by atoms with E-state index < -0.39 is 0 Å². The van der Waals surface area contributed by atoms with Crippen LogP contribution in [0.1, 0.15) is 30.3 Å². The summed E-state index contributed by atoms with van der Waals surface area (Å²) in [6.07, 6.45) is 0.691. The van der Waals surface area contributed by atoms with Crippen LogP contribution in [0.2, 0.25) is 0 Å². The first kappa shape index (κ1) is 18.9. The Morgan fingerprint density at radius 1 is 1.26 bits per heavy atom. The smallest absolute Gasteiger partial charge is 0.247 e. The monoisotopic (exact) mass is 388 g/mol. The molecule has 0 unspecified atom stereocenters. The van der Waals surface area contributed by atoms with Crippen molar-refractivity contribution in [2.45, 2.75) is 30.2 Å². The molecular weight excluding hydrogens is 368 g/mol. The van der Waals surface area contributed by atoms with E-state index in [2.05, 4.69) is 20.4 Å². The predicted molar refractivity (Wildman–Crippen MR) is 99.1 cm³/mol. The second-order valence-corrected chi connectivity index (χ2v) is 7.17. The van der Waals surface area contributed by atoms with Crippen molar-refractivity contribution in [1.29, 1.82) is 0 Å². The van der Waals surface area contributed by atoms with E-state index in [0.29, 0.717) is 29.2 Å². The Morgan fingerprint density at radius 2 is 2.00 bits per heavy atom. The minimum Gasteiger partial charge on any atom is -0.497 e. The number of ether oxygens (including phenoxy) is 1. The summed E-state index contributed by atoms with van der Waals surface area (Å²) in [6, 6.07) is 7.40. The van der Waals surface area contributed by atoms with Crippen LogP contribution in [-0.4, -0.2) is 38.0 Å². The number of hydrogen-bond acceptors (Lipinski definition) is 8. The highest BCUT2D eigenvalue weighted by molar-refractivity contribution is 7.99. The Hall–Kier alpha value is -2.88. The van der Waals surface area contributed by atoms with Crippen molar-refractivity contribution < 1.29 is 13.9 Å². The summed E-state index contributed by atoms with van der Waals surface area (Å²) in [5.74, 6) is 2.04. The largest absolute Gasteiger partial charge is 0.497 e. The van der Waals surface area contributed by atoms with Crippen molar-refractivity contribution >= 4 is 17.7 Å². The second kappa shape index (κ2) is 8.21. The molecule has 2 aromatic heterocycles. The van der Waals surface area contributed by atoms with Crippen LogP contribution in [0.5, 0.6) is 5.75 Å². The summed E-state index contributed by atoms with van der Waals surface area (Å²) in [5.41, 5.74) is 6.00. The highest BCUT2D eigenvalue weighted by atomic mass is 32.2. The lowest BCUT2D eigenvalue weighted by Crippen LogP contribution is -2.12. The Bertz CT molecular complexity index is 921. The number of amides is 1. The van der Waals surface area contributed by atoms with Crippen molar-refractivity contribution in [2.75, 3.05) is 7.11 Å². The van der Waals surface area contributed by atoms with E-state index in [9.17, 15) is 4.79 Å². The Kier molecular flexibility index (Phi) is 5.75. The van der Waals surface area contributed by atoms with Crippen LogP contribution in [0.15, 0.2) is 33.8 Å². The Morgan fingerprint density at radius 3 is 2.67 bits per heavy atom. The molecule has 1 aromatic carbocycles. The number of nitrogens with zero attached hydrogens (tertiary/aromatic N) is 5. The molecule has 3 rings (SSSR count). The zero-order chi connectivity index (χ0) is 19.4. The van der Waals surface area contributed by atoms with Gasteiger partial charge >= 0.3 is 0 Å². The predicted octanol–water partition coefficient (Wildman–Crippen LogP) is 2.14. The molecule has 0 aliphatic heterocycles. The number of rotatable bonds is 8. The van der Waals surface area contributed by atoms with Gasteiger partial charge in [0.05, 0.1) is 12.4 Å². The summed E-state index contributed by atoms with van der Waals surface area (Å²) in [7, 11) is 3.46. The Balaban J connectivity index is 1.69. The van der Waals surface area contributed by atoms with Crippen LogP contribution in [-0.2, 0) is 18.3 Å². The van der Waals surface area contributed by atoms with Gasteiger partial charge in [0, 0.05) is 25.5 Å². The van der Waals surface area contributed by atoms with Crippen LogP contribution in [0.4, 0.5) is 0 Å². The Labute approximate surface area is 160 Å². The third-order valence-corrected chi connectivity index (χ3v) is 5.05. The molecule has 3 aromatic rings. The van der Waals surface area contributed by atoms with Crippen LogP contribution >= 0.6 is 11.8 Å². The zero-order valence-corrected chi connectivity index (χ0v) is 16.1. The normalized spacial score (nSPS) is 12.1. The van der Waals surface area contributed by atoms with Gasteiger partial charge in [-0.25, -0.2) is 0 Å². The van der Waals surface area contributed by atoms with Gasteiger partial charge in [-0.2, -0.15) is 0 Å². The fourth-order valence-electron chi connectivity index (χ4n) is 2.36. The molecule has 2 N–H and O–H groups in total. The summed E-state index contributed by atoms with van der Waals surface area (Å²) in [5, 5.41) is 17.1. The van der Waals surface area contributed by atoms with Gasteiger partial charge in [0.15, 0.2) is 5.16 Å². The number of hydrogen-bond donors (Lipinski definition) is 1. The highest BCUT2D eigenvalue weighted by Gasteiger charge is 2.20. The number of primary amides is 1. The van der Waals surface area contributed by atoms with Crippen LogP contribution in [0, 0.1) is 0 Å². The number of aromatic nitrogens is 5. The van der Waals surface area contributed by atoms with Crippen molar-refractivity contribution in [3.8, 4) is 17.2 Å². The molecule has 0 saturated carbocycles. The van der Waals surface area contributed by atoms with Crippen molar-refractivity contribution in [3.63, 3.8) is 0 Å². The van der Waals surface area contributed by atoms with E-state index in [1.54, 1.807) is 7.11 Å². The molecule has 0 aliphatic carbocycles. The number of thioether (sulfide) groups is 1. The summed E-state index contributed by atoms with van der Waals surface area (Å²) >= 11 is 1.45. The maximum absolute atomic E-state index is 10.9. The zero-order valence-electron chi connectivity index (χ0n) is 15.2. The van der Waals surface area contributed by atoms with Gasteiger partial charge in [0.1, 0.15) is 11.6 Å². The van der Waals surface area contributed by atoms with Gasteiger partial charge in [0.2, 0.25) is 17.7 Å². The first-order valence-electron chi connectivity index (χ1n) is 8.29. The van der Waals surface area contributed by atoms with E-state index in [0.717, 1.165) is 11.3 Å². The molecule has 2 heterocycles. The fourth-order valence-corrected chi connectivity index (χ4v) is 3.22. The number of carbonyl (C=O) groups is 1. The summed E-state index contributed by atoms with van der Waals surface area (Å²) < 4.78 is 12.8. The molecule has 10 heteroatoms. The first-order valence-corrected chi connectivity index (χ1v) is 9.17. The van der Waals surface area contributed by atoms with E-state index in [1.165, 1.54) is 11.8 Å². The van der Waals surface area contributed by atoms with Gasteiger partial charge in [0.25, 0.3) is 0 Å². The van der Waals surface area contributed by atoms with Crippen molar-refractivity contribution in [1.82, 2.24) is 25.0 Å². The van der Waals surface area contributed by atoms with E-state index in [4.69, 9.17) is 14.9 Å². The second-order valence-electron chi connectivity index (χ2n) is 5.86. The van der Waals surface area contributed by atoms with Gasteiger partial charge in [-0.05, 0) is 31.2 Å². The molecule has 27 heavy (non-hydrogen) atoms. The van der Waals surface area contributed by atoms with Crippen LogP contribution < -0.4 is 10.5 Å². The topological polar surface area (TPSA) is 122 Å². The molecule has 0 aliphatic rings. The quantitative estimate of drug-likeness (QED) is 0.582. The van der Waals surface area contributed by atoms with Gasteiger partial charge in [-0.3, -0.25) is 4.79 Å². The molecule has 0 radical (unpaired) electrons. The number of carbonyl (C=O) groups excluding carboxylic acids is 1. The van der Waals surface area contributed by atoms with Gasteiger partial charge < -0.3 is 19.5 Å². The first-order chi connectivity index (χ1) is 13.0. The average Bonchev–Trinajstić information content (AvgIpc) is 3.28. The highest BCUT2D eigenvalue weighted by Crippen LogP contribution is 2.34. The molecule has 1 amide bonds. The van der Waals surface area contributed by atoms with E-state index in [-0.39, 0.29) is 17.6 Å². The third-order valence-electron chi connectivity index (χ3n) is 3.93. The van der Waals surface area contributed by atoms with Crippen molar-refractivity contribution in [3.05, 3.63) is 36.0 Å². The van der Waals surface area contributed by atoms with Gasteiger partial charge in [-0.15, -0.1) is 20.4 Å². The molecule has 0 bridgehead atoms. The molecular formula is C17H20N6O3S. The van der Waals surface area contributed by atoms with Crippen LogP contribution in [0.3, 0.4) is 0 Å². The molecule has 0 saturated heterocycles. The number of methoxy groups -OCH3 is 1. The minimum atomic E-state index is -0.363. The summed E-state index contributed by atoms with van der Waals surface area (Å²) in [6.45, 7) is 1.95. The van der Waals surface area contributed by atoms with E-state index >= 15 is 0 Å². The molecule has 0 spiro atoms. The maximum atomic E-state index is 10.9. The summed E-state index contributed by atoms with van der Waals surface area (Å²) in [4.78, 5) is 10.9. The van der Waals surface area contributed by atoms with Crippen molar-refractivity contribution in [2.24, 2.45) is 12.8 Å². The maximum Gasteiger partial charge on any atom is 0.247 e. The van der Waals surface area contributed by atoms with E-state index in [1.807, 2.05) is 42.8 Å². The number of benzene rings is 1. The standard InChI is InChI=1S/C17H20N6O3S/c1-10(27-17-22-19-14(23(17)2)9-8-13(18)24)15-20-21-16(26-15)11-4-6-12(25-3)7-5-11/h4-7,10H,8-9H2,1-3H3,(H2,18,24)/t10-/m1/s1. The molecule has 1 atom stereocenters. The average molecular weight is 388 g/mol. The lowest BCUT2D eigenvalue weighted by atomic mass is 10.2. The fraction of sp³-hybridized carbons (Fsp3) is 0.353. The molecule has 142 valence electrons. The number of nitrogens with two attached hydrogens (primary N) is 1. The third kappa shape index (κ3) is 4.45.